The smallest absolute Gasteiger partial charge is 0.407 e. The Hall–Kier alpha value is -4.59. The summed E-state index contributed by atoms with van der Waals surface area (Å²) in [4.78, 5) is 29.6. The second-order valence-corrected chi connectivity index (χ2v) is 8.75. The summed E-state index contributed by atoms with van der Waals surface area (Å²) in [6, 6.07) is 24.3. The second kappa shape index (κ2) is 12.6. The Balaban J connectivity index is 1.28. The first-order valence-corrected chi connectivity index (χ1v) is 12.4. The van der Waals surface area contributed by atoms with Crippen molar-refractivity contribution in [1.82, 2.24) is 9.88 Å². The first kappa shape index (κ1) is 26.5. The number of benzene rings is 3. The minimum absolute atomic E-state index is 0.153. The van der Waals surface area contributed by atoms with E-state index in [1.165, 1.54) is 0 Å². The van der Waals surface area contributed by atoms with Gasteiger partial charge in [0.25, 0.3) is 0 Å². The number of aromatic nitrogens is 1. The van der Waals surface area contributed by atoms with Gasteiger partial charge in [-0.15, -0.1) is 0 Å². The lowest BCUT2D eigenvalue weighted by Gasteiger charge is -2.18. The molecule has 0 aliphatic carbocycles. The SMILES string of the molecule is CCc1cccc(OC(=O)CN(CCc2ccc(OCc3nc(-c4ccccc4)oc3C)cc2)C(=O)O)c1. The Morgan fingerprint density at radius 2 is 1.71 bits per heavy atom. The van der Waals surface area contributed by atoms with Crippen molar-refractivity contribution in [3.8, 4) is 23.0 Å². The number of hydrogen-bond donors (Lipinski definition) is 1. The molecular weight excluding hydrogens is 484 g/mol. The number of esters is 1. The number of nitrogens with zero attached hydrogens (tertiary/aromatic N) is 2. The van der Waals surface area contributed by atoms with Crippen molar-refractivity contribution in [3.63, 3.8) is 0 Å². The van der Waals surface area contributed by atoms with Crippen LogP contribution in [0.5, 0.6) is 11.5 Å². The Morgan fingerprint density at radius 1 is 0.947 bits per heavy atom. The zero-order chi connectivity index (χ0) is 26.9. The van der Waals surface area contributed by atoms with Crippen LogP contribution in [0, 0.1) is 6.92 Å². The van der Waals surface area contributed by atoms with Crippen LogP contribution in [0.25, 0.3) is 11.5 Å². The van der Waals surface area contributed by atoms with Gasteiger partial charge in [0.1, 0.15) is 36.1 Å². The van der Waals surface area contributed by atoms with Crippen molar-refractivity contribution in [2.45, 2.75) is 33.3 Å². The van der Waals surface area contributed by atoms with E-state index in [0.29, 0.717) is 29.6 Å². The fourth-order valence-corrected chi connectivity index (χ4v) is 3.83. The summed E-state index contributed by atoms with van der Waals surface area (Å²) in [6.45, 7) is 3.92. The molecule has 0 radical (unpaired) electrons. The highest BCUT2D eigenvalue weighted by Gasteiger charge is 2.18. The number of carboxylic acid groups (broad SMARTS) is 1. The first-order valence-electron chi connectivity index (χ1n) is 12.4. The van der Waals surface area contributed by atoms with Gasteiger partial charge in [-0.3, -0.25) is 4.90 Å². The van der Waals surface area contributed by atoms with Gasteiger partial charge in [0.15, 0.2) is 0 Å². The van der Waals surface area contributed by atoms with Crippen molar-refractivity contribution < 1.29 is 28.6 Å². The molecular formula is C30H30N2O6. The zero-order valence-electron chi connectivity index (χ0n) is 21.4. The van der Waals surface area contributed by atoms with Gasteiger partial charge in [-0.25, -0.2) is 14.6 Å². The average molecular weight is 515 g/mol. The van der Waals surface area contributed by atoms with E-state index in [4.69, 9.17) is 13.9 Å². The van der Waals surface area contributed by atoms with Crippen molar-refractivity contribution in [2.75, 3.05) is 13.1 Å². The zero-order valence-corrected chi connectivity index (χ0v) is 21.4. The molecule has 8 nitrogen and oxygen atoms in total. The lowest BCUT2D eigenvalue weighted by molar-refractivity contribution is -0.135. The van der Waals surface area contributed by atoms with Crippen LogP contribution < -0.4 is 9.47 Å². The average Bonchev–Trinajstić information content (AvgIpc) is 3.31. The van der Waals surface area contributed by atoms with Gasteiger partial charge in [0, 0.05) is 12.1 Å². The molecule has 0 aliphatic rings. The summed E-state index contributed by atoms with van der Waals surface area (Å²) in [5.74, 6) is 1.70. The van der Waals surface area contributed by atoms with Crippen molar-refractivity contribution in [2.24, 2.45) is 0 Å². The third kappa shape index (κ3) is 7.22. The molecule has 0 spiro atoms. The predicted octanol–water partition coefficient (Wildman–Crippen LogP) is 5.92. The molecule has 0 unspecified atom stereocenters. The molecule has 1 aromatic heterocycles. The van der Waals surface area contributed by atoms with Crippen LogP contribution >= 0.6 is 0 Å². The third-order valence-electron chi connectivity index (χ3n) is 6.01. The van der Waals surface area contributed by atoms with Crippen LogP contribution in [0.1, 0.15) is 29.5 Å². The molecule has 8 heteroatoms. The molecule has 196 valence electrons. The van der Waals surface area contributed by atoms with E-state index in [1.807, 2.05) is 74.5 Å². The van der Waals surface area contributed by atoms with Crippen LogP contribution in [0.15, 0.2) is 83.3 Å². The Bertz CT molecular complexity index is 1370. The standard InChI is InChI=1S/C30H30N2O6/c1-3-22-8-7-11-26(18-22)38-28(33)19-32(30(34)35)17-16-23-12-14-25(15-13-23)36-20-27-21(2)37-29(31-27)24-9-5-4-6-10-24/h4-15,18H,3,16-17,19-20H2,1-2H3,(H,34,35). The number of aryl methyl sites for hydroxylation is 2. The third-order valence-corrected chi connectivity index (χ3v) is 6.01. The number of carbonyl (C=O) groups excluding carboxylic acids is 1. The van der Waals surface area contributed by atoms with Crippen LogP contribution in [-0.4, -0.2) is 40.1 Å². The number of carbonyl (C=O) groups is 2. The lowest BCUT2D eigenvalue weighted by Crippen LogP contribution is -2.37. The van der Waals surface area contributed by atoms with Gasteiger partial charge in [-0.05, 0) is 67.3 Å². The normalized spacial score (nSPS) is 10.7. The number of amides is 1. The predicted molar refractivity (Wildman–Crippen MR) is 142 cm³/mol. The molecule has 0 fully saturated rings. The molecule has 1 N–H and O–H groups in total. The van der Waals surface area contributed by atoms with E-state index in [-0.39, 0.29) is 19.7 Å². The number of hydrogen-bond acceptors (Lipinski definition) is 6. The van der Waals surface area contributed by atoms with Gasteiger partial charge in [-0.1, -0.05) is 49.4 Å². The molecule has 0 aliphatic heterocycles. The second-order valence-electron chi connectivity index (χ2n) is 8.75. The maximum Gasteiger partial charge on any atom is 0.407 e. The fourth-order valence-electron chi connectivity index (χ4n) is 3.83. The molecule has 4 aromatic rings. The van der Waals surface area contributed by atoms with Crippen molar-refractivity contribution in [1.29, 1.82) is 0 Å². The molecule has 38 heavy (non-hydrogen) atoms. The van der Waals surface area contributed by atoms with E-state index < -0.39 is 12.1 Å². The molecule has 3 aromatic carbocycles. The van der Waals surface area contributed by atoms with Gasteiger partial charge in [-0.2, -0.15) is 0 Å². The van der Waals surface area contributed by atoms with Gasteiger partial charge in [0.2, 0.25) is 5.89 Å². The number of rotatable bonds is 11. The van der Waals surface area contributed by atoms with Crippen LogP contribution in [0.2, 0.25) is 0 Å². The van der Waals surface area contributed by atoms with Gasteiger partial charge < -0.3 is 19.0 Å². The van der Waals surface area contributed by atoms with E-state index in [9.17, 15) is 14.7 Å². The first-order chi connectivity index (χ1) is 18.4. The minimum Gasteiger partial charge on any atom is -0.487 e. The molecule has 0 saturated heterocycles. The van der Waals surface area contributed by atoms with Gasteiger partial charge >= 0.3 is 12.1 Å². The molecule has 1 heterocycles. The highest BCUT2D eigenvalue weighted by atomic mass is 16.5. The Labute approximate surface area is 221 Å². The lowest BCUT2D eigenvalue weighted by atomic mass is 10.1. The molecule has 0 bridgehead atoms. The summed E-state index contributed by atoms with van der Waals surface area (Å²) in [7, 11) is 0. The van der Waals surface area contributed by atoms with Crippen LogP contribution in [0.3, 0.4) is 0 Å². The minimum atomic E-state index is -1.18. The topological polar surface area (TPSA) is 102 Å². The summed E-state index contributed by atoms with van der Waals surface area (Å²) >= 11 is 0. The van der Waals surface area contributed by atoms with Crippen LogP contribution in [0.4, 0.5) is 4.79 Å². The quantitative estimate of drug-likeness (QED) is 0.196. The Morgan fingerprint density at radius 3 is 2.42 bits per heavy atom. The largest absolute Gasteiger partial charge is 0.487 e. The molecule has 4 rings (SSSR count). The van der Waals surface area contributed by atoms with Crippen molar-refractivity contribution >= 4 is 12.1 Å². The molecule has 1 amide bonds. The highest BCUT2D eigenvalue weighted by Crippen LogP contribution is 2.23. The summed E-state index contributed by atoms with van der Waals surface area (Å²) < 4.78 is 17.0. The maximum absolute atomic E-state index is 12.3. The highest BCUT2D eigenvalue weighted by molar-refractivity contribution is 5.79. The summed E-state index contributed by atoms with van der Waals surface area (Å²) in [5.41, 5.74) is 3.57. The van der Waals surface area contributed by atoms with E-state index in [2.05, 4.69) is 4.98 Å². The van der Waals surface area contributed by atoms with E-state index in [1.54, 1.807) is 18.2 Å². The summed E-state index contributed by atoms with van der Waals surface area (Å²) in [6.07, 6.45) is 0.0709. The number of oxazole rings is 1. The van der Waals surface area contributed by atoms with E-state index in [0.717, 1.165) is 33.7 Å². The van der Waals surface area contributed by atoms with Crippen LogP contribution in [-0.2, 0) is 24.2 Å². The maximum atomic E-state index is 12.3. The fraction of sp³-hybridized carbons (Fsp3) is 0.233. The molecule has 0 saturated carbocycles. The molecule has 0 atom stereocenters. The monoisotopic (exact) mass is 514 g/mol. The van der Waals surface area contributed by atoms with Gasteiger partial charge in [0.05, 0.1) is 0 Å². The van der Waals surface area contributed by atoms with E-state index >= 15 is 0 Å². The number of ether oxygens (including phenoxy) is 2. The summed E-state index contributed by atoms with van der Waals surface area (Å²) in [5, 5.41) is 9.55. The Kier molecular flexibility index (Phi) is 8.77. The van der Waals surface area contributed by atoms with Crippen molar-refractivity contribution in [3.05, 3.63) is 101 Å².